The average Bonchev–Trinajstić information content (AvgIpc) is 2.59. The Morgan fingerprint density at radius 2 is 1.00 bits per heavy atom. The topological polar surface area (TPSA) is 66.2 Å². The molecule has 118 valence electrons. The van der Waals surface area contributed by atoms with E-state index < -0.39 is 12.2 Å². The van der Waals surface area contributed by atoms with Crippen LogP contribution >= 0.6 is 0 Å². The summed E-state index contributed by atoms with van der Waals surface area (Å²) >= 11 is 0. The smallest absolute Gasteiger partial charge is 0.0791 e. The van der Waals surface area contributed by atoms with Gasteiger partial charge in [-0.2, -0.15) is 0 Å². The normalized spacial score (nSPS) is 13.7. The van der Waals surface area contributed by atoms with Crippen LogP contribution in [0.5, 0.6) is 0 Å². The van der Waals surface area contributed by atoms with Gasteiger partial charge in [0.25, 0.3) is 0 Å². The van der Waals surface area contributed by atoms with Crippen molar-refractivity contribution in [2.45, 2.75) is 50.7 Å². The lowest BCUT2D eigenvalue weighted by Gasteiger charge is -2.12. The molecule has 2 heterocycles. The fraction of sp³-hybridized carbons (Fsp3) is 0.444. The highest BCUT2D eigenvalue weighted by Gasteiger charge is 2.08. The van der Waals surface area contributed by atoms with Crippen LogP contribution in [0.4, 0.5) is 0 Å². The number of hydrogen-bond acceptors (Lipinski definition) is 4. The minimum atomic E-state index is -0.398. The number of unbranched alkanes of at least 4 members (excludes halogenated alkanes) is 3. The van der Waals surface area contributed by atoms with Crippen LogP contribution in [0.25, 0.3) is 0 Å². The Hall–Kier alpha value is -1.78. The third kappa shape index (κ3) is 5.54. The number of pyridine rings is 2. The van der Waals surface area contributed by atoms with Crippen LogP contribution < -0.4 is 0 Å². The molecule has 0 saturated carbocycles. The molecule has 4 heteroatoms. The van der Waals surface area contributed by atoms with Gasteiger partial charge in [-0.05, 0) is 48.2 Å². The third-order valence-electron chi connectivity index (χ3n) is 3.89. The molecule has 2 rings (SSSR count). The van der Waals surface area contributed by atoms with Crippen LogP contribution in [0.15, 0.2) is 49.1 Å². The second kappa shape index (κ2) is 9.28. The third-order valence-corrected chi connectivity index (χ3v) is 3.89. The molecule has 0 aliphatic rings. The summed E-state index contributed by atoms with van der Waals surface area (Å²) in [6.45, 7) is 0. The molecule has 0 fully saturated rings. The lowest BCUT2D eigenvalue weighted by molar-refractivity contribution is 0.157. The van der Waals surface area contributed by atoms with Crippen molar-refractivity contribution in [1.29, 1.82) is 0 Å². The Balaban J connectivity index is 1.56. The van der Waals surface area contributed by atoms with Crippen LogP contribution in [-0.4, -0.2) is 20.2 Å². The molecule has 2 aromatic rings. The number of hydrogen-bond donors (Lipinski definition) is 2. The number of aromatic nitrogens is 2. The van der Waals surface area contributed by atoms with Gasteiger partial charge in [0.2, 0.25) is 0 Å². The minimum absolute atomic E-state index is 0.398. The van der Waals surface area contributed by atoms with Gasteiger partial charge in [-0.3, -0.25) is 9.97 Å². The second-order valence-corrected chi connectivity index (χ2v) is 5.58. The Morgan fingerprint density at radius 3 is 1.36 bits per heavy atom. The molecule has 4 nitrogen and oxygen atoms in total. The van der Waals surface area contributed by atoms with Crippen molar-refractivity contribution in [1.82, 2.24) is 9.97 Å². The quantitative estimate of drug-likeness (QED) is 0.695. The summed E-state index contributed by atoms with van der Waals surface area (Å²) in [5.41, 5.74) is 1.87. The maximum absolute atomic E-state index is 10.0. The molecule has 0 aromatic carbocycles. The van der Waals surface area contributed by atoms with Gasteiger partial charge in [0.1, 0.15) is 0 Å². The standard InChI is InChI=1S/C18H24N2O2/c21-17(15-7-11-19-12-8-15)5-3-1-2-4-6-18(22)16-9-13-20-14-10-16/h7-14,17-18,21-22H,1-6H2. The first-order chi connectivity index (χ1) is 10.8. The van der Waals surface area contributed by atoms with E-state index in [9.17, 15) is 10.2 Å². The van der Waals surface area contributed by atoms with E-state index in [4.69, 9.17) is 0 Å². The van der Waals surface area contributed by atoms with Gasteiger partial charge in [0.05, 0.1) is 12.2 Å². The first-order valence-electron chi connectivity index (χ1n) is 7.93. The van der Waals surface area contributed by atoms with Crippen molar-refractivity contribution in [3.8, 4) is 0 Å². The lowest BCUT2D eigenvalue weighted by atomic mass is 10.0. The highest BCUT2D eigenvalue weighted by atomic mass is 16.3. The number of aliphatic hydroxyl groups is 2. The maximum atomic E-state index is 10.0. The van der Waals surface area contributed by atoms with Gasteiger partial charge in [0.15, 0.2) is 0 Å². The molecule has 0 saturated heterocycles. The van der Waals surface area contributed by atoms with Crippen LogP contribution in [0, 0.1) is 0 Å². The Morgan fingerprint density at radius 1 is 0.636 bits per heavy atom. The molecule has 22 heavy (non-hydrogen) atoms. The summed E-state index contributed by atoms with van der Waals surface area (Å²) in [6, 6.07) is 7.43. The molecule has 2 unspecified atom stereocenters. The maximum Gasteiger partial charge on any atom is 0.0791 e. The lowest BCUT2D eigenvalue weighted by Crippen LogP contribution is -1.98. The van der Waals surface area contributed by atoms with Crippen LogP contribution in [0.1, 0.15) is 61.9 Å². The van der Waals surface area contributed by atoms with E-state index in [-0.39, 0.29) is 0 Å². The predicted octanol–water partition coefficient (Wildman–Crippen LogP) is 3.58. The molecule has 2 N–H and O–H groups in total. The summed E-state index contributed by atoms with van der Waals surface area (Å²) in [7, 11) is 0. The van der Waals surface area contributed by atoms with Gasteiger partial charge in [0, 0.05) is 24.8 Å². The van der Waals surface area contributed by atoms with Gasteiger partial charge >= 0.3 is 0 Å². The number of aliphatic hydroxyl groups excluding tert-OH is 2. The SMILES string of the molecule is OC(CCCCCCC(O)c1ccncc1)c1ccncc1. The molecular weight excluding hydrogens is 276 g/mol. The van der Waals surface area contributed by atoms with Gasteiger partial charge < -0.3 is 10.2 Å². The number of rotatable bonds is 9. The Bertz CT molecular complexity index is 470. The molecule has 0 aliphatic heterocycles. The largest absolute Gasteiger partial charge is 0.388 e. The molecule has 2 atom stereocenters. The van der Waals surface area contributed by atoms with Gasteiger partial charge in [-0.15, -0.1) is 0 Å². The van der Waals surface area contributed by atoms with Crippen molar-refractivity contribution >= 4 is 0 Å². The summed E-state index contributed by atoms with van der Waals surface area (Å²) < 4.78 is 0. The molecule has 0 spiro atoms. The molecule has 0 bridgehead atoms. The summed E-state index contributed by atoms with van der Waals surface area (Å²) in [5.74, 6) is 0. The molecule has 0 amide bonds. The van der Waals surface area contributed by atoms with E-state index in [1.165, 1.54) is 0 Å². The fourth-order valence-corrected chi connectivity index (χ4v) is 2.53. The minimum Gasteiger partial charge on any atom is -0.388 e. The van der Waals surface area contributed by atoms with E-state index in [1.54, 1.807) is 24.8 Å². The van der Waals surface area contributed by atoms with E-state index in [2.05, 4.69) is 9.97 Å². The fourth-order valence-electron chi connectivity index (χ4n) is 2.53. The first-order valence-corrected chi connectivity index (χ1v) is 7.93. The average molecular weight is 300 g/mol. The van der Waals surface area contributed by atoms with Gasteiger partial charge in [-0.25, -0.2) is 0 Å². The van der Waals surface area contributed by atoms with E-state index in [0.29, 0.717) is 0 Å². The Labute approximate surface area is 131 Å². The molecular formula is C18H24N2O2. The zero-order valence-electron chi connectivity index (χ0n) is 12.8. The van der Waals surface area contributed by atoms with Crippen LogP contribution in [0.3, 0.4) is 0 Å². The van der Waals surface area contributed by atoms with Gasteiger partial charge in [-0.1, -0.05) is 25.7 Å². The highest BCUT2D eigenvalue weighted by Crippen LogP contribution is 2.21. The monoisotopic (exact) mass is 300 g/mol. The van der Waals surface area contributed by atoms with Crippen LogP contribution in [-0.2, 0) is 0 Å². The van der Waals surface area contributed by atoms with Crippen LogP contribution in [0.2, 0.25) is 0 Å². The summed E-state index contributed by atoms with van der Waals surface area (Å²) in [5, 5.41) is 20.1. The summed E-state index contributed by atoms with van der Waals surface area (Å²) in [4.78, 5) is 7.90. The van der Waals surface area contributed by atoms with E-state index in [0.717, 1.165) is 49.7 Å². The van der Waals surface area contributed by atoms with E-state index >= 15 is 0 Å². The molecule has 0 radical (unpaired) electrons. The summed E-state index contributed by atoms with van der Waals surface area (Å²) in [6.07, 6.45) is 11.7. The number of nitrogens with zero attached hydrogens (tertiary/aromatic N) is 2. The first kappa shape index (κ1) is 16.6. The second-order valence-electron chi connectivity index (χ2n) is 5.58. The van der Waals surface area contributed by atoms with Crippen molar-refractivity contribution in [3.63, 3.8) is 0 Å². The molecule has 0 aliphatic carbocycles. The zero-order valence-corrected chi connectivity index (χ0v) is 12.8. The predicted molar refractivity (Wildman–Crippen MR) is 86.1 cm³/mol. The highest BCUT2D eigenvalue weighted by molar-refractivity contribution is 5.13. The zero-order chi connectivity index (χ0) is 15.6. The molecule has 2 aromatic heterocycles. The Kier molecular flexibility index (Phi) is 7.00. The van der Waals surface area contributed by atoms with Crippen molar-refractivity contribution in [2.75, 3.05) is 0 Å². The van der Waals surface area contributed by atoms with Crippen molar-refractivity contribution in [3.05, 3.63) is 60.2 Å². The van der Waals surface area contributed by atoms with E-state index in [1.807, 2.05) is 24.3 Å². The van der Waals surface area contributed by atoms with Crippen molar-refractivity contribution < 1.29 is 10.2 Å². The van der Waals surface area contributed by atoms with Crippen molar-refractivity contribution in [2.24, 2.45) is 0 Å².